The number of nitrogens with zero attached hydrogens (tertiary/aromatic N) is 4. The highest BCUT2D eigenvalue weighted by molar-refractivity contribution is 5.43. The number of fused-ring (bicyclic) bond motifs is 1. The first-order chi connectivity index (χ1) is 9.04. The first-order valence-corrected chi connectivity index (χ1v) is 6.99. The molecule has 2 aliphatic rings. The molecular formula is C14H21FN4. The van der Waals surface area contributed by atoms with E-state index in [2.05, 4.69) is 26.8 Å². The third kappa shape index (κ3) is 2.31. The normalized spacial score (nSPS) is 27.7. The maximum Gasteiger partial charge on any atom is 0.186 e. The highest BCUT2D eigenvalue weighted by atomic mass is 19.1. The van der Waals surface area contributed by atoms with Crippen molar-refractivity contribution in [2.45, 2.75) is 20.3 Å². The van der Waals surface area contributed by atoms with Crippen LogP contribution in [0.2, 0.25) is 0 Å². The summed E-state index contributed by atoms with van der Waals surface area (Å²) in [6.07, 6.45) is 1.21. The maximum atomic E-state index is 14.2. The van der Waals surface area contributed by atoms with Crippen LogP contribution in [0, 0.1) is 31.5 Å². The molecular weight excluding hydrogens is 243 g/mol. The molecule has 0 radical (unpaired) electrons. The number of halogens is 1. The Labute approximate surface area is 113 Å². The van der Waals surface area contributed by atoms with Gasteiger partial charge in [-0.05, 0) is 45.7 Å². The molecule has 0 saturated carbocycles. The average Bonchev–Trinajstić information content (AvgIpc) is 2.76. The molecule has 104 valence electrons. The lowest BCUT2D eigenvalue weighted by atomic mass is 9.89. The van der Waals surface area contributed by atoms with Crippen LogP contribution in [0.1, 0.15) is 17.9 Å². The topological polar surface area (TPSA) is 32.3 Å². The second-order valence-corrected chi connectivity index (χ2v) is 5.97. The molecule has 3 heterocycles. The number of hydrogen-bond donors (Lipinski definition) is 0. The van der Waals surface area contributed by atoms with Gasteiger partial charge in [0.1, 0.15) is 5.82 Å². The highest BCUT2D eigenvalue weighted by Gasteiger charge is 2.37. The van der Waals surface area contributed by atoms with Gasteiger partial charge in [0.25, 0.3) is 0 Å². The largest absolute Gasteiger partial charge is 0.353 e. The minimum absolute atomic E-state index is 0.252. The fraction of sp³-hybridized carbons (Fsp3) is 0.714. The van der Waals surface area contributed by atoms with Crippen molar-refractivity contribution in [3.05, 3.63) is 17.3 Å². The van der Waals surface area contributed by atoms with Crippen molar-refractivity contribution in [2.75, 3.05) is 38.1 Å². The van der Waals surface area contributed by atoms with Gasteiger partial charge in [-0.15, -0.1) is 0 Å². The zero-order valence-corrected chi connectivity index (χ0v) is 11.9. The molecule has 1 aromatic rings. The molecule has 0 spiro atoms. The van der Waals surface area contributed by atoms with E-state index < -0.39 is 0 Å². The smallest absolute Gasteiger partial charge is 0.186 e. The molecule has 0 bridgehead atoms. The van der Waals surface area contributed by atoms with Gasteiger partial charge in [0, 0.05) is 19.6 Å². The van der Waals surface area contributed by atoms with Crippen molar-refractivity contribution in [3.8, 4) is 0 Å². The van der Waals surface area contributed by atoms with Gasteiger partial charge in [0.2, 0.25) is 0 Å². The minimum atomic E-state index is -0.252. The predicted molar refractivity (Wildman–Crippen MR) is 72.8 cm³/mol. The Morgan fingerprint density at radius 2 is 1.84 bits per heavy atom. The molecule has 2 fully saturated rings. The van der Waals surface area contributed by atoms with Crippen LogP contribution in [0.4, 0.5) is 10.2 Å². The lowest BCUT2D eigenvalue weighted by Gasteiger charge is -2.31. The second-order valence-electron chi connectivity index (χ2n) is 5.97. The summed E-state index contributed by atoms with van der Waals surface area (Å²) >= 11 is 0. The molecule has 4 nitrogen and oxygen atoms in total. The van der Waals surface area contributed by atoms with Gasteiger partial charge in [-0.3, -0.25) is 0 Å². The lowest BCUT2D eigenvalue weighted by Crippen LogP contribution is -2.37. The number of rotatable bonds is 1. The van der Waals surface area contributed by atoms with Crippen LogP contribution in [-0.2, 0) is 0 Å². The van der Waals surface area contributed by atoms with Crippen LogP contribution in [0.5, 0.6) is 0 Å². The van der Waals surface area contributed by atoms with Gasteiger partial charge in [-0.1, -0.05) is 0 Å². The first kappa shape index (κ1) is 12.8. The summed E-state index contributed by atoms with van der Waals surface area (Å²) in [6, 6.07) is 0. The summed E-state index contributed by atoms with van der Waals surface area (Å²) in [7, 11) is 2.17. The fourth-order valence-electron chi connectivity index (χ4n) is 3.41. The number of likely N-dealkylation sites (tertiary alicyclic amines) is 1. The van der Waals surface area contributed by atoms with E-state index in [1.54, 1.807) is 6.92 Å². The SMILES string of the molecule is Cc1nc(C)c(F)c(N2C[C@H]3CCN(C)C[C@H]3C2)n1. The number of hydrogen-bond acceptors (Lipinski definition) is 4. The van der Waals surface area contributed by atoms with E-state index in [0.29, 0.717) is 29.2 Å². The number of aromatic nitrogens is 2. The van der Waals surface area contributed by atoms with E-state index in [1.165, 1.54) is 6.42 Å². The Kier molecular flexibility index (Phi) is 3.17. The van der Waals surface area contributed by atoms with Gasteiger partial charge in [-0.25, -0.2) is 14.4 Å². The van der Waals surface area contributed by atoms with Gasteiger partial charge in [-0.2, -0.15) is 0 Å². The van der Waals surface area contributed by atoms with E-state index >= 15 is 0 Å². The summed E-state index contributed by atoms with van der Waals surface area (Å²) < 4.78 is 14.2. The molecule has 0 unspecified atom stereocenters. The van der Waals surface area contributed by atoms with Crippen molar-refractivity contribution in [1.29, 1.82) is 0 Å². The molecule has 19 heavy (non-hydrogen) atoms. The van der Waals surface area contributed by atoms with Gasteiger partial charge < -0.3 is 9.80 Å². The molecule has 0 N–H and O–H groups in total. The first-order valence-electron chi connectivity index (χ1n) is 6.99. The van der Waals surface area contributed by atoms with Crippen LogP contribution in [0.3, 0.4) is 0 Å². The third-order valence-electron chi connectivity index (χ3n) is 4.41. The molecule has 0 aliphatic carbocycles. The van der Waals surface area contributed by atoms with Crippen LogP contribution in [0.25, 0.3) is 0 Å². The van der Waals surface area contributed by atoms with Crippen LogP contribution < -0.4 is 4.90 Å². The fourth-order valence-corrected chi connectivity index (χ4v) is 3.41. The van der Waals surface area contributed by atoms with Crippen LogP contribution in [0.15, 0.2) is 0 Å². The van der Waals surface area contributed by atoms with Crippen molar-refractivity contribution in [2.24, 2.45) is 11.8 Å². The van der Waals surface area contributed by atoms with Gasteiger partial charge >= 0.3 is 0 Å². The molecule has 2 atom stereocenters. The standard InChI is InChI=1S/C14H21FN4/c1-9-13(15)14(17-10(2)16-9)19-7-11-4-5-18(3)6-12(11)8-19/h11-12H,4-8H2,1-3H3/t11-,12+/m1/s1. The summed E-state index contributed by atoms with van der Waals surface area (Å²) in [5.41, 5.74) is 0.453. The van der Waals surface area contributed by atoms with E-state index in [0.717, 1.165) is 26.2 Å². The van der Waals surface area contributed by atoms with E-state index in [1.807, 2.05) is 6.92 Å². The van der Waals surface area contributed by atoms with Crippen molar-refractivity contribution in [3.63, 3.8) is 0 Å². The minimum Gasteiger partial charge on any atom is -0.353 e. The monoisotopic (exact) mass is 264 g/mol. The van der Waals surface area contributed by atoms with Gasteiger partial charge in [0.05, 0.1) is 5.69 Å². The average molecular weight is 264 g/mol. The highest BCUT2D eigenvalue weighted by Crippen LogP contribution is 2.34. The molecule has 1 aromatic heterocycles. The molecule has 3 rings (SSSR count). The van der Waals surface area contributed by atoms with Crippen LogP contribution in [-0.4, -0.2) is 48.1 Å². The van der Waals surface area contributed by atoms with Crippen molar-refractivity contribution in [1.82, 2.24) is 14.9 Å². The van der Waals surface area contributed by atoms with Crippen molar-refractivity contribution < 1.29 is 4.39 Å². The Hall–Kier alpha value is -1.23. The van der Waals surface area contributed by atoms with E-state index in [-0.39, 0.29) is 5.82 Å². The van der Waals surface area contributed by atoms with E-state index in [9.17, 15) is 4.39 Å². The summed E-state index contributed by atoms with van der Waals surface area (Å²) in [4.78, 5) is 12.9. The summed E-state index contributed by atoms with van der Waals surface area (Å²) in [5, 5.41) is 0. The molecule has 2 aliphatic heterocycles. The molecule has 2 saturated heterocycles. The molecule has 0 aromatic carbocycles. The Morgan fingerprint density at radius 1 is 1.11 bits per heavy atom. The lowest BCUT2D eigenvalue weighted by molar-refractivity contribution is 0.178. The molecule has 5 heteroatoms. The second kappa shape index (κ2) is 4.71. The number of anilines is 1. The zero-order chi connectivity index (χ0) is 13.6. The summed E-state index contributed by atoms with van der Waals surface area (Å²) in [6.45, 7) is 7.66. The third-order valence-corrected chi connectivity index (χ3v) is 4.41. The Bertz CT molecular complexity index is 491. The predicted octanol–water partition coefficient (Wildman–Crippen LogP) is 1.62. The summed E-state index contributed by atoms with van der Waals surface area (Å²) in [5.74, 6) is 2.24. The zero-order valence-electron chi connectivity index (χ0n) is 11.9. The maximum absolute atomic E-state index is 14.2. The number of piperidine rings is 1. The Morgan fingerprint density at radius 3 is 2.63 bits per heavy atom. The van der Waals surface area contributed by atoms with Crippen molar-refractivity contribution >= 4 is 5.82 Å². The van der Waals surface area contributed by atoms with E-state index in [4.69, 9.17) is 0 Å². The van der Waals surface area contributed by atoms with Crippen LogP contribution >= 0.6 is 0 Å². The molecule has 0 amide bonds. The van der Waals surface area contributed by atoms with Gasteiger partial charge in [0.15, 0.2) is 11.6 Å². The Balaban J connectivity index is 1.85. The quantitative estimate of drug-likeness (QED) is 0.771. The number of aryl methyl sites for hydroxylation is 2.